The summed E-state index contributed by atoms with van der Waals surface area (Å²) < 4.78 is 38.3. The normalized spacial score (nSPS) is 20.1. The molecule has 1 aliphatic heterocycles. The lowest BCUT2D eigenvalue weighted by molar-refractivity contribution is -0.121. The van der Waals surface area contributed by atoms with Gasteiger partial charge in [0.05, 0.1) is 24.7 Å². The number of hydrogen-bond acceptors (Lipinski definition) is 6. The molecular weight excluding hydrogens is 370 g/mol. The van der Waals surface area contributed by atoms with Crippen LogP contribution in [0.1, 0.15) is 33.6 Å². The highest BCUT2D eigenvalue weighted by atomic mass is 32.2. The average molecular weight is 400 g/mol. The van der Waals surface area contributed by atoms with Crippen molar-refractivity contribution in [3.05, 3.63) is 18.2 Å². The largest absolute Gasteiger partial charge is 0.490 e. The first-order valence-electron chi connectivity index (χ1n) is 9.29. The second-order valence-corrected chi connectivity index (χ2v) is 8.13. The van der Waals surface area contributed by atoms with Crippen molar-refractivity contribution in [1.82, 2.24) is 15.4 Å². The molecule has 1 aromatic rings. The van der Waals surface area contributed by atoms with E-state index in [1.54, 1.807) is 13.0 Å². The number of carbonyl (C=O) groups is 1. The number of amides is 1. The van der Waals surface area contributed by atoms with Gasteiger partial charge in [-0.1, -0.05) is 0 Å². The Labute approximate surface area is 161 Å². The van der Waals surface area contributed by atoms with E-state index in [1.165, 1.54) is 12.1 Å². The minimum atomic E-state index is -3.84. The van der Waals surface area contributed by atoms with Gasteiger partial charge >= 0.3 is 0 Å². The van der Waals surface area contributed by atoms with Gasteiger partial charge in [-0.2, -0.15) is 0 Å². The third kappa shape index (κ3) is 6.08. The van der Waals surface area contributed by atoms with Crippen molar-refractivity contribution in [1.29, 1.82) is 0 Å². The zero-order chi connectivity index (χ0) is 19.9. The maximum Gasteiger partial charge on any atom is 0.241 e. The number of ether oxygens (including phenoxy) is 2. The zero-order valence-electron chi connectivity index (χ0n) is 16.1. The van der Waals surface area contributed by atoms with Gasteiger partial charge in [-0.3, -0.25) is 4.79 Å². The van der Waals surface area contributed by atoms with Crippen molar-refractivity contribution in [2.75, 3.05) is 26.3 Å². The van der Waals surface area contributed by atoms with Crippen molar-refractivity contribution in [2.24, 2.45) is 0 Å². The predicted molar refractivity (Wildman–Crippen MR) is 103 cm³/mol. The Balaban J connectivity index is 2.00. The molecule has 1 saturated heterocycles. The van der Waals surface area contributed by atoms with Crippen LogP contribution in [0, 0.1) is 0 Å². The summed E-state index contributed by atoms with van der Waals surface area (Å²) in [5.74, 6) is 0.485. The Morgan fingerprint density at radius 2 is 1.93 bits per heavy atom. The summed E-state index contributed by atoms with van der Waals surface area (Å²) >= 11 is 0. The summed E-state index contributed by atoms with van der Waals surface area (Å²) in [4.78, 5) is 12.2. The Morgan fingerprint density at radius 1 is 1.22 bits per heavy atom. The van der Waals surface area contributed by atoms with E-state index in [-0.39, 0.29) is 29.4 Å². The highest BCUT2D eigenvalue weighted by Gasteiger charge is 2.23. The smallest absolute Gasteiger partial charge is 0.241 e. The lowest BCUT2D eigenvalue weighted by Crippen LogP contribution is -2.53. The number of benzene rings is 1. The second-order valence-electron chi connectivity index (χ2n) is 6.36. The molecule has 0 bridgehead atoms. The topological polar surface area (TPSA) is 106 Å². The van der Waals surface area contributed by atoms with E-state index < -0.39 is 10.0 Å². The van der Waals surface area contributed by atoms with Crippen LogP contribution < -0.4 is 24.8 Å². The molecule has 8 nitrogen and oxygen atoms in total. The van der Waals surface area contributed by atoms with Crippen molar-refractivity contribution in [3.63, 3.8) is 0 Å². The average Bonchev–Trinajstić information content (AvgIpc) is 2.64. The van der Waals surface area contributed by atoms with Crippen molar-refractivity contribution in [3.8, 4) is 11.5 Å². The van der Waals surface area contributed by atoms with Crippen LogP contribution in [0.25, 0.3) is 0 Å². The first-order chi connectivity index (χ1) is 12.9. The van der Waals surface area contributed by atoms with Crippen LogP contribution in [0.4, 0.5) is 0 Å². The SMILES string of the molecule is CCOc1ccc(S(=O)(=O)NCC(=O)NC2CCCNC2C)cc1OCC. The molecule has 1 aliphatic rings. The number of nitrogens with one attached hydrogen (secondary N) is 3. The zero-order valence-corrected chi connectivity index (χ0v) is 16.9. The van der Waals surface area contributed by atoms with E-state index in [2.05, 4.69) is 15.4 Å². The quantitative estimate of drug-likeness (QED) is 0.573. The summed E-state index contributed by atoms with van der Waals surface area (Å²) in [6.45, 7) is 7.09. The molecule has 0 radical (unpaired) electrons. The van der Waals surface area contributed by atoms with Gasteiger partial charge in [0.15, 0.2) is 11.5 Å². The maximum atomic E-state index is 12.5. The minimum Gasteiger partial charge on any atom is -0.490 e. The molecule has 0 aliphatic carbocycles. The summed E-state index contributed by atoms with van der Waals surface area (Å²) in [5, 5.41) is 6.17. The molecule has 3 N–H and O–H groups in total. The lowest BCUT2D eigenvalue weighted by Gasteiger charge is -2.30. The van der Waals surface area contributed by atoms with Crippen LogP contribution in [-0.4, -0.2) is 52.7 Å². The van der Waals surface area contributed by atoms with Crippen LogP contribution in [-0.2, 0) is 14.8 Å². The van der Waals surface area contributed by atoms with Gasteiger partial charge in [-0.05, 0) is 52.3 Å². The molecule has 27 heavy (non-hydrogen) atoms. The third-order valence-corrected chi connectivity index (χ3v) is 5.75. The van der Waals surface area contributed by atoms with Gasteiger partial charge in [0.1, 0.15) is 0 Å². The Bertz CT molecular complexity index is 739. The Hall–Kier alpha value is -1.84. The van der Waals surface area contributed by atoms with Crippen LogP contribution in [0.3, 0.4) is 0 Å². The molecule has 2 rings (SSSR count). The number of sulfonamides is 1. The van der Waals surface area contributed by atoms with Crippen LogP contribution in [0.5, 0.6) is 11.5 Å². The van der Waals surface area contributed by atoms with Gasteiger partial charge in [0.25, 0.3) is 0 Å². The monoisotopic (exact) mass is 399 g/mol. The van der Waals surface area contributed by atoms with E-state index in [0.29, 0.717) is 24.7 Å². The summed E-state index contributed by atoms with van der Waals surface area (Å²) in [5.41, 5.74) is 0. The van der Waals surface area contributed by atoms with Gasteiger partial charge in [0, 0.05) is 18.2 Å². The van der Waals surface area contributed by atoms with Crippen molar-refractivity contribution < 1.29 is 22.7 Å². The molecule has 2 atom stereocenters. The summed E-state index contributed by atoms with van der Waals surface area (Å²) in [6.07, 6.45) is 1.86. The number of rotatable bonds is 9. The minimum absolute atomic E-state index is 0.00536. The van der Waals surface area contributed by atoms with E-state index in [9.17, 15) is 13.2 Å². The Morgan fingerprint density at radius 3 is 2.59 bits per heavy atom. The first-order valence-corrected chi connectivity index (χ1v) is 10.8. The predicted octanol–water partition coefficient (Wildman–Crippen LogP) is 1.02. The molecule has 0 spiro atoms. The van der Waals surface area contributed by atoms with E-state index in [0.717, 1.165) is 19.4 Å². The molecular formula is C18H29N3O5S. The molecule has 1 heterocycles. The van der Waals surface area contributed by atoms with Crippen molar-refractivity contribution >= 4 is 15.9 Å². The molecule has 1 fully saturated rings. The van der Waals surface area contributed by atoms with Crippen LogP contribution in [0.2, 0.25) is 0 Å². The molecule has 1 aromatic carbocycles. The van der Waals surface area contributed by atoms with Gasteiger partial charge in [-0.25, -0.2) is 13.1 Å². The fourth-order valence-electron chi connectivity index (χ4n) is 2.94. The van der Waals surface area contributed by atoms with E-state index >= 15 is 0 Å². The van der Waals surface area contributed by atoms with Gasteiger partial charge in [0.2, 0.25) is 15.9 Å². The molecule has 9 heteroatoms. The van der Waals surface area contributed by atoms with E-state index in [1.807, 2.05) is 13.8 Å². The number of carbonyl (C=O) groups excluding carboxylic acids is 1. The van der Waals surface area contributed by atoms with Gasteiger partial charge < -0.3 is 20.1 Å². The third-order valence-electron chi connectivity index (χ3n) is 4.36. The number of hydrogen-bond donors (Lipinski definition) is 3. The van der Waals surface area contributed by atoms with Crippen LogP contribution >= 0.6 is 0 Å². The molecule has 2 unspecified atom stereocenters. The molecule has 1 amide bonds. The van der Waals surface area contributed by atoms with Crippen LogP contribution in [0.15, 0.2) is 23.1 Å². The fourth-order valence-corrected chi connectivity index (χ4v) is 3.94. The molecule has 152 valence electrons. The first kappa shape index (κ1) is 21.5. The van der Waals surface area contributed by atoms with Crippen molar-refractivity contribution in [2.45, 2.75) is 50.6 Å². The highest BCUT2D eigenvalue weighted by molar-refractivity contribution is 7.89. The maximum absolute atomic E-state index is 12.5. The Kier molecular flexibility index (Phi) is 7.88. The lowest BCUT2D eigenvalue weighted by atomic mass is 10.00. The standard InChI is InChI=1S/C18H29N3O5S/c1-4-25-16-9-8-14(11-17(16)26-5-2)27(23,24)20-12-18(22)21-15-7-6-10-19-13(15)3/h8-9,11,13,15,19-20H,4-7,10,12H2,1-3H3,(H,21,22). The highest BCUT2D eigenvalue weighted by Crippen LogP contribution is 2.30. The summed E-state index contributed by atoms with van der Waals surface area (Å²) in [7, 11) is -3.84. The molecule has 0 saturated carbocycles. The second kappa shape index (κ2) is 9.91. The number of piperidine rings is 1. The fraction of sp³-hybridized carbons (Fsp3) is 0.611. The van der Waals surface area contributed by atoms with E-state index in [4.69, 9.17) is 9.47 Å². The summed E-state index contributed by atoms with van der Waals surface area (Å²) in [6, 6.07) is 4.56. The van der Waals surface area contributed by atoms with Gasteiger partial charge in [-0.15, -0.1) is 0 Å². The molecule has 0 aromatic heterocycles.